The van der Waals surface area contributed by atoms with Crippen LogP contribution in [0, 0.1) is 5.82 Å². The van der Waals surface area contributed by atoms with E-state index in [2.05, 4.69) is 5.16 Å². The van der Waals surface area contributed by atoms with E-state index in [4.69, 9.17) is 4.52 Å². The van der Waals surface area contributed by atoms with Crippen LogP contribution < -0.4 is 0 Å². The van der Waals surface area contributed by atoms with Crippen molar-refractivity contribution in [2.75, 3.05) is 6.61 Å². The maximum absolute atomic E-state index is 12.8. The van der Waals surface area contributed by atoms with Gasteiger partial charge in [0.15, 0.2) is 5.76 Å². The quantitative estimate of drug-likeness (QED) is 0.907. The lowest BCUT2D eigenvalue weighted by atomic mass is 9.67. The van der Waals surface area contributed by atoms with Gasteiger partial charge in [0.1, 0.15) is 5.82 Å². The summed E-state index contributed by atoms with van der Waals surface area (Å²) in [5, 5.41) is 13.5. The van der Waals surface area contributed by atoms with Crippen molar-refractivity contribution in [2.24, 2.45) is 0 Å². The third kappa shape index (κ3) is 1.73. The van der Waals surface area contributed by atoms with Gasteiger partial charge in [-0.1, -0.05) is 11.6 Å². The Morgan fingerprint density at radius 3 is 2.56 bits per heavy atom. The van der Waals surface area contributed by atoms with Crippen molar-refractivity contribution >= 4 is 0 Å². The molecule has 3 nitrogen and oxygen atoms in total. The molecule has 18 heavy (non-hydrogen) atoms. The predicted octanol–water partition coefficient (Wildman–Crippen LogP) is 2.89. The third-order valence-electron chi connectivity index (χ3n) is 3.80. The molecule has 0 radical (unpaired) electrons. The van der Waals surface area contributed by atoms with Gasteiger partial charge in [0, 0.05) is 17.0 Å². The minimum Gasteiger partial charge on any atom is -0.395 e. The molecule has 1 heterocycles. The van der Waals surface area contributed by atoms with E-state index >= 15 is 0 Å². The van der Waals surface area contributed by atoms with Gasteiger partial charge in [0.05, 0.1) is 12.3 Å². The van der Waals surface area contributed by atoms with Crippen LogP contribution in [0.1, 0.15) is 25.0 Å². The first-order valence-corrected chi connectivity index (χ1v) is 6.07. The first-order chi connectivity index (χ1) is 8.73. The van der Waals surface area contributed by atoms with Crippen LogP contribution in [0.25, 0.3) is 11.3 Å². The number of halogens is 1. The van der Waals surface area contributed by atoms with Gasteiger partial charge in [-0.2, -0.15) is 0 Å². The van der Waals surface area contributed by atoms with Crippen molar-refractivity contribution in [1.29, 1.82) is 0 Å². The molecular weight excluding hydrogens is 233 g/mol. The zero-order valence-electron chi connectivity index (χ0n) is 9.90. The second-order valence-corrected chi connectivity index (χ2v) is 4.88. The highest BCUT2D eigenvalue weighted by Crippen LogP contribution is 2.43. The summed E-state index contributed by atoms with van der Waals surface area (Å²) in [5.74, 6) is 0.342. The molecule has 0 amide bonds. The van der Waals surface area contributed by atoms with Crippen LogP contribution in [-0.4, -0.2) is 16.9 Å². The standard InChI is InChI=1S/C14H14FNO2/c15-11-4-2-10(3-5-11)12-8-13(16-18-12)14(9-17)6-1-7-14/h2-5,8,17H,1,6-7,9H2. The Kier molecular flexibility index (Phi) is 2.67. The second-order valence-electron chi connectivity index (χ2n) is 4.88. The third-order valence-corrected chi connectivity index (χ3v) is 3.80. The van der Waals surface area contributed by atoms with E-state index in [0.717, 1.165) is 30.5 Å². The van der Waals surface area contributed by atoms with E-state index in [9.17, 15) is 9.50 Å². The Balaban J connectivity index is 1.91. The van der Waals surface area contributed by atoms with Crippen molar-refractivity contribution in [3.8, 4) is 11.3 Å². The number of aliphatic hydroxyl groups is 1. The number of nitrogens with zero attached hydrogens (tertiary/aromatic N) is 1. The van der Waals surface area contributed by atoms with Crippen LogP contribution in [-0.2, 0) is 5.41 Å². The van der Waals surface area contributed by atoms with Crippen LogP contribution in [0.4, 0.5) is 4.39 Å². The Hall–Kier alpha value is -1.68. The van der Waals surface area contributed by atoms with Crippen molar-refractivity contribution in [3.63, 3.8) is 0 Å². The average molecular weight is 247 g/mol. The Bertz CT molecular complexity index is 538. The van der Waals surface area contributed by atoms with Crippen LogP contribution in [0.15, 0.2) is 34.9 Å². The van der Waals surface area contributed by atoms with Gasteiger partial charge in [-0.3, -0.25) is 0 Å². The van der Waals surface area contributed by atoms with Crippen LogP contribution in [0.2, 0.25) is 0 Å². The number of aliphatic hydroxyl groups excluding tert-OH is 1. The number of hydrogen-bond donors (Lipinski definition) is 1. The van der Waals surface area contributed by atoms with Crippen LogP contribution in [0.5, 0.6) is 0 Å². The van der Waals surface area contributed by atoms with E-state index in [1.807, 2.05) is 6.07 Å². The Morgan fingerprint density at radius 2 is 2.00 bits per heavy atom. The molecule has 1 aliphatic rings. The summed E-state index contributed by atoms with van der Waals surface area (Å²) in [6.07, 6.45) is 3.00. The normalized spacial score (nSPS) is 17.4. The van der Waals surface area contributed by atoms with Gasteiger partial charge < -0.3 is 9.63 Å². The maximum atomic E-state index is 12.8. The average Bonchev–Trinajstić information content (AvgIpc) is 2.79. The minimum absolute atomic E-state index is 0.0996. The fourth-order valence-corrected chi connectivity index (χ4v) is 2.37. The molecule has 4 heteroatoms. The molecule has 0 aliphatic heterocycles. The number of hydrogen-bond acceptors (Lipinski definition) is 3. The monoisotopic (exact) mass is 247 g/mol. The fourth-order valence-electron chi connectivity index (χ4n) is 2.37. The van der Waals surface area contributed by atoms with E-state index in [-0.39, 0.29) is 17.8 Å². The van der Waals surface area contributed by atoms with Crippen molar-refractivity contribution in [2.45, 2.75) is 24.7 Å². The zero-order chi connectivity index (χ0) is 12.6. The molecule has 3 rings (SSSR count). The number of aromatic nitrogens is 1. The predicted molar refractivity (Wildman–Crippen MR) is 64.5 cm³/mol. The molecule has 1 aliphatic carbocycles. The summed E-state index contributed by atoms with van der Waals surface area (Å²) < 4.78 is 18.1. The van der Waals surface area contributed by atoms with Crippen molar-refractivity contribution < 1.29 is 14.0 Å². The summed E-state index contributed by atoms with van der Waals surface area (Å²) >= 11 is 0. The SMILES string of the molecule is OCC1(c2cc(-c3ccc(F)cc3)on2)CCC1. The molecule has 94 valence electrons. The van der Waals surface area contributed by atoms with E-state index in [1.54, 1.807) is 12.1 Å². The van der Waals surface area contributed by atoms with Crippen LogP contribution in [0.3, 0.4) is 0 Å². The summed E-state index contributed by atoms with van der Waals surface area (Å²) in [7, 11) is 0. The number of benzene rings is 1. The highest BCUT2D eigenvalue weighted by Gasteiger charge is 2.40. The molecule has 1 fully saturated rings. The topological polar surface area (TPSA) is 46.3 Å². The van der Waals surface area contributed by atoms with Gasteiger partial charge in [-0.25, -0.2) is 4.39 Å². The van der Waals surface area contributed by atoms with E-state index < -0.39 is 0 Å². The van der Waals surface area contributed by atoms with Crippen LogP contribution >= 0.6 is 0 Å². The van der Waals surface area contributed by atoms with Gasteiger partial charge in [-0.05, 0) is 37.1 Å². The summed E-state index contributed by atoms with van der Waals surface area (Å²) in [5.41, 5.74) is 1.38. The molecule has 1 aromatic carbocycles. The maximum Gasteiger partial charge on any atom is 0.167 e. The highest BCUT2D eigenvalue weighted by molar-refractivity contribution is 5.57. The zero-order valence-corrected chi connectivity index (χ0v) is 9.90. The molecule has 0 saturated heterocycles. The molecule has 0 atom stereocenters. The van der Waals surface area contributed by atoms with E-state index in [1.165, 1.54) is 12.1 Å². The molecule has 0 unspecified atom stereocenters. The lowest BCUT2D eigenvalue weighted by Gasteiger charge is -2.38. The molecule has 0 bridgehead atoms. The fraction of sp³-hybridized carbons (Fsp3) is 0.357. The lowest BCUT2D eigenvalue weighted by Crippen LogP contribution is -2.38. The second kappa shape index (κ2) is 4.21. The smallest absolute Gasteiger partial charge is 0.167 e. The first kappa shape index (κ1) is 11.4. The molecule has 1 aromatic heterocycles. The lowest BCUT2D eigenvalue weighted by molar-refractivity contribution is 0.113. The Labute approximate surface area is 104 Å². The van der Waals surface area contributed by atoms with Crippen molar-refractivity contribution in [1.82, 2.24) is 5.16 Å². The minimum atomic E-state index is -0.274. The highest BCUT2D eigenvalue weighted by atomic mass is 19.1. The molecule has 0 spiro atoms. The van der Waals surface area contributed by atoms with Gasteiger partial charge in [0.25, 0.3) is 0 Å². The molecule has 1 N–H and O–H groups in total. The molecular formula is C14H14FNO2. The molecule has 1 saturated carbocycles. The first-order valence-electron chi connectivity index (χ1n) is 6.07. The largest absolute Gasteiger partial charge is 0.395 e. The number of rotatable bonds is 3. The van der Waals surface area contributed by atoms with Gasteiger partial charge in [0.2, 0.25) is 0 Å². The molecule has 2 aromatic rings. The van der Waals surface area contributed by atoms with E-state index in [0.29, 0.717) is 5.76 Å². The summed E-state index contributed by atoms with van der Waals surface area (Å²) in [4.78, 5) is 0. The van der Waals surface area contributed by atoms with Gasteiger partial charge in [-0.15, -0.1) is 0 Å². The summed E-state index contributed by atoms with van der Waals surface area (Å²) in [6, 6.07) is 7.95. The summed E-state index contributed by atoms with van der Waals surface area (Å²) in [6.45, 7) is 0.0996. The Morgan fingerprint density at radius 1 is 1.28 bits per heavy atom. The van der Waals surface area contributed by atoms with Crippen molar-refractivity contribution in [3.05, 3.63) is 41.8 Å². The van der Waals surface area contributed by atoms with Gasteiger partial charge >= 0.3 is 0 Å².